The van der Waals surface area contributed by atoms with Crippen molar-refractivity contribution in [2.45, 2.75) is 20.0 Å². The molecule has 2 amide bonds. The molecule has 0 unspecified atom stereocenters. The van der Waals surface area contributed by atoms with E-state index in [2.05, 4.69) is 33.4 Å². The molecule has 0 saturated carbocycles. The van der Waals surface area contributed by atoms with E-state index in [1.807, 2.05) is 13.8 Å². The highest BCUT2D eigenvalue weighted by Crippen LogP contribution is 2.21. The maximum absolute atomic E-state index is 12.3. The fraction of sp³-hybridized carbons (Fsp3) is 0.222. The third-order valence-corrected chi connectivity index (χ3v) is 4.04. The second-order valence-corrected chi connectivity index (χ2v) is 6.58. The van der Waals surface area contributed by atoms with Crippen LogP contribution in [0.1, 0.15) is 34.6 Å². The standard InChI is InChI=1S/C18H19IN2O4/c1-11(2)25-15-7-5-4-6-13(15)18(23)21-20-17(22)12-8-9-16(24-3)14(19)10-12/h4-11H,1-3H3,(H,20,22)(H,21,23). The normalized spacial score (nSPS) is 10.3. The van der Waals surface area contributed by atoms with Gasteiger partial charge in [0.1, 0.15) is 11.5 Å². The summed E-state index contributed by atoms with van der Waals surface area (Å²) >= 11 is 2.08. The van der Waals surface area contributed by atoms with Crippen LogP contribution < -0.4 is 20.3 Å². The van der Waals surface area contributed by atoms with Gasteiger partial charge in [-0.3, -0.25) is 20.4 Å². The Bertz CT molecular complexity index is 777. The lowest BCUT2D eigenvalue weighted by atomic mass is 10.2. The minimum atomic E-state index is -0.451. The summed E-state index contributed by atoms with van der Waals surface area (Å²) in [5.41, 5.74) is 5.57. The Morgan fingerprint density at radius 3 is 2.32 bits per heavy atom. The second kappa shape index (κ2) is 8.70. The summed E-state index contributed by atoms with van der Waals surface area (Å²) in [4.78, 5) is 24.5. The first kappa shape index (κ1) is 19.0. The number of benzene rings is 2. The molecule has 7 heteroatoms. The van der Waals surface area contributed by atoms with Crippen molar-refractivity contribution < 1.29 is 19.1 Å². The van der Waals surface area contributed by atoms with Crippen molar-refractivity contribution in [3.63, 3.8) is 0 Å². The quantitative estimate of drug-likeness (QED) is 0.538. The predicted octanol–water partition coefficient (Wildman–Crippen LogP) is 3.16. The van der Waals surface area contributed by atoms with Gasteiger partial charge in [0.15, 0.2) is 0 Å². The topological polar surface area (TPSA) is 76.7 Å². The molecule has 2 aromatic rings. The van der Waals surface area contributed by atoms with Crippen molar-refractivity contribution in [3.05, 3.63) is 57.2 Å². The lowest BCUT2D eigenvalue weighted by Gasteiger charge is -2.14. The van der Waals surface area contributed by atoms with Crippen molar-refractivity contribution in [3.8, 4) is 11.5 Å². The number of amides is 2. The molecule has 0 radical (unpaired) electrons. The van der Waals surface area contributed by atoms with Gasteiger partial charge in [0.25, 0.3) is 11.8 Å². The number of hydrogen-bond acceptors (Lipinski definition) is 4. The number of hydrogen-bond donors (Lipinski definition) is 2. The zero-order valence-electron chi connectivity index (χ0n) is 14.1. The molecule has 2 N–H and O–H groups in total. The molecular weight excluding hydrogens is 435 g/mol. The molecule has 0 aromatic heterocycles. The molecule has 0 aliphatic heterocycles. The number of rotatable bonds is 5. The first-order valence-electron chi connectivity index (χ1n) is 7.62. The van der Waals surface area contributed by atoms with Crippen LogP contribution in [0.2, 0.25) is 0 Å². The average Bonchev–Trinajstić information content (AvgIpc) is 2.59. The van der Waals surface area contributed by atoms with Gasteiger partial charge in [0.05, 0.1) is 22.3 Å². The number of halogens is 1. The number of nitrogens with one attached hydrogen (secondary N) is 2. The summed E-state index contributed by atoms with van der Waals surface area (Å²) in [5, 5.41) is 0. The SMILES string of the molecule is COc1ccc(C(=O)NNC(=O)c2ccccc2OC(C)C)cc1I. The molecule has 132 valence electrons. The van der Waals surface area contributed by atoms with Crippen LogP contribution in [0.3, 0.4) is 0 Å². The van der Waals surface area contributed by atoms with Gasteiger partial charge in [-0.1, -0.05) is 12.1 Å². The molecule has 0 heterocycles. The van der Waals surface area contributed by atoms with E-state index in [-0.39, 0.29) is 6.10 Å². The van der Waals surface area contributed by atoms with Gasteiger partial charge in [0.2, 0.25) is 0 Å². The highest BCUT2D eigenvalue weighted by Gasteiger charge is 2.15. The Labute approximate surface area is 160 Å². The molecule has 25 heavy (non-hydrogen) atoms. The minimum Gasteiger partial charge on any atom is -0.496 e. The van der Waals surface area contributed by atoms with Crippen molar-refractivity contribution in [2.24, 2.45) is 0 Å². The van der Waals surface area contributed by atoms with Crippen LogP contribution in [0.5, 0.6) is 11.5 Å². The van der Waals surface area contributed by atoms with E-state index in [9.17, 15) is 9.59 Å². The molecule has 6 nitrogen and oxygen atoms in total. The fourth-order valence-corrected chi connectivity index (χ4v) is 2.81. The van der Waals surface area contributed by atoms with E-state index in [0.29, 0.717) is 22.6 Å². The number of carbonyl (C=O) groups is 2. The van der Waals surface area contributed by atoms with Gasteiger partial charge in [-0.15, -0.1) is 0 Å². The van der Waals surface area contributed by atoms with E-state index in [4.69, 9.17) is 9.47 Å². The van der Waals surface area contributed by atoms with E-state index < -0.39 is 11.8 Å². The summed E-state index contributed by atoms with van der Waals surface area (Å²) in [5.74, 6) is 0.271. The molecule has 2 rings (SSSR count). The van der Waals surface area contributed by atoms with Gasteiger partial charge >= 0.3 is 0 Å². The molecule has 0 saturated heterocycles. The zero-order chi connectivity index (χ0) is 18.4. The van der Waals surface area contributed by atoms with Crippen molar-refractivity contribution >= 4 is 34.4 Å². The zero-order valence-corrected chi connectivity index (χ0v) is 16.3. The van der Waals surface area contributed by atoms with Crippen LogP contribution in [0.25, 0.3) is 0 Å². The van der Waals surface area contributed by atoms with E-state index in [1.54, 1.807) is 49.6 Å². The summed E-state index contributed by atoms with van der Waals surface area (Å²) in [6.45, 7) is 3.75. The lowest BCUT2D eigenvalue weighted by molar-refractivity contribution is 0.0843. The molecule has 0 bridgehead atoms. The minimum absolute atomic E-state index is 0.0649. The summed E-state index contributed by atoms with van der Waals surface area (Å²) in [6, 6.07) is 11.9. The maximum Gasteiger partial charge on any atom is 0.273 e. The largest absolute Gasteiger partial charge is 0.496 e. The molecule has 0 spiro atoms. The van der Waals surface area contributed by atoms with Crippen molar-refractivity contribution in [1.29, 1.82) is 0 Å². The predicted molar refractivity (Wildman–Crippen MR) is 103 cm³/mol. The number of hydrazine groups is 1. The molecule has 0 fully saturated rings. The number of carbonyl (C=O) groups excluding carboxylic acids is 2. The van der Waals surface area contributed by atoms with Gasteiger partial charge in [-0.25, -0.2) is 0 Å². The Morgan fingerprint density at radius 1 is 1.00 bits per heavy atom. The van der Waals surface area contributed by atoms with Crippen LogP contribution in [0, 0.1) is 3.57 Å². The average molecular weight is 454 g/mol. The van der Waals surface area contributed by atoms with Gasteiger partial charge in [-0.2, -0.15) is 0 Å². The number of methoxy groups -OCH3 is 1. The van der Waals surface area contributed by atoms with Gasteiger partial charge in [-0.05, 0) is 66.8 Å². The van der Waals surface area contributed by atoms with E-state index >= 15 is 0 Å². The molecule has 0 aliphatic carbocycles. The Balaban J connectivity index is 2.05. The van der Waals surface area contributed by atoms with Crippen molar-refractivity contribution in [1.82, 2.24) is 10.9 Å². The van der Waals surface area contributed by atoms with Crippen molar-refractivity contribution in [2.75, 3.05) is 7.11 Å². The molecule has 0 aliphatic rings. The van der Waals surface area contributed by atoms with Crippen LogP contribution in [0.15, 0.2) is 42.5 Å². The van der Waals surface area contributed by atoms with Gasteiger partial charge in [0, 0.05) is 5.56 Å². The van der Waals surface area contributed by atoms with E-state index in [0.717, 1.165) is 3.57 Å². The van der Waals surface area contributed by atoms with Crippen LogP contribution in [-0.4, -0.2) is 25.0 Å². The smallest absolute Gasteiger partial charge is 0.273 e. The monoisotopic (exact) mass is 454 g/mol. The Kier molecular flexibility index (Phi) is 6.63. The third kappa shape index (κ3) is 5.09. The molecule has 2 aromatic carbocycles. The number of ether oxygens (including phenoxy) is 2. The third-order valence-electron chi connectivity index (χ3n) is 3.20. The van der Waals surface area contributed by atoms with Crippen LogP contribution in [0.4, 0.5) is 0 Å². The highest BCUT2D eigenvalue weighted by atomic mass is 127. The van der Waals surface area contributed by atoms with Gasteiger partial charge < -0.3 is 9.47 Å². The first-order chi connectivity index (χ1) is 11.9. The number of para-hydroxylation sites is 1. The Morgan fingerprint density at radius 2 is 1.68 bits per heavy atom. The molecule has 0 atom stereocenters. The van der Waals surface area contributed by atoms with Crippen LogP contribution in [-0.2, 0) is 0 Å². The van der Waals surface area contributed by atoms with Crippen LogP contribution >= 0.6 is 22.6 Å². The Hall–Kier alpha value is -2.29. The highest BCUT2D eigenvalue weighted by molar-refractivity contribution is 14.1. The maximum atomic E-state index is 12.3. The lowest BCUT2D eigenvalue weighted by Crippen LogP contribution is -2.41. The summed E-state index contributed by atoms with van der Waals surface area (Å²) in [7, 11) is 1.56. The summed E-state index contributed by atoms with van der Waals surface area (Å²) in [6.07, 6.45) is -0.0649. The van der Waals surface area contributed by atoms with E-state index in [1.165, 1.54) is 0 Å². The fourth-order valence-electron chi connectivity index (χ4n) is 2.07. The first-order valence-corrected chi connectivity index (χ1v) is 8.70. The summed E-state index contributed by atoms with van der Waals surface area (Å²) < 4.78 is 11.6. The second-order valence-electron chi connectivity index (χ2n) is 5.42. The molecular formula is C18H19IN2O4.